The van der Waals surface area contributed by atoms with Crippen molar-refractivity contribution in [2.45, 2.75) is 6.04 Å². The monoisotopic (exact) mass is 420 g/mol. The molecule has 1 unspecified atom stereocenters. The second-order valence-corrected chi connectivity index (χ2v) is 7.75. The van der Waals surface area contributed by atoms with Gasteiger partial charge in [0.05, 0.1) is 22.5 Å². The van der Waals surface area contributed by atoms with Crippen LogP contribution in [0.15, 0.2) is 87.2 Å². The minimum atomic E-state index is -0.387. The summed E-state index contributed by atoms with van der Waals surface area (Å²) in [6.45, 7) is 0. The Morgan fingerprint density at radius 1 is 1.00 bits per heavy atom. The van der Waals surface area contributed by atoms with Crippen molar-refractivity contribution >= 4 is 23.1 Å². The molecule has 30 heavy (non-hydrogen) atoms. The van der Waals surface area contributed by atoms with Crippen LogP contribution in [0.25, 0.3) is 11.8 Å². The zero-order valence-electron chi connectivity index (χ0n) is 15.5. The quantitative estimate of drug-likeness (QED) is 0.505. The first-order valence-electron chi connectivity index (χ1n) is 9.17. The smallest absolute Gasteiger partial charge is 0.274 e. The molecular weight excluding hydrogens is 406 g/mol. The van der Waals surface area contributed by atoms with Gasteiger partial charge < -0.3 is 4.42 Å². The highest BCUT2D eigenvalue weighted by atomic mass is 32.1. The Hall–Kier alpha value is -3.58. The number of furan rings is 1. The van der Waals surface area contributed by atoms with Crippen molar-refractivity contribution in [2.75, 3.05) is 0 Å². The van der Waals surface area contributed by atoms with E-state index >= 15 is 0 Å². The first-order chi connectivity index (χ1) is 14.6. The minimum absolute atomic E-state index is 0.233. The molecule has 0 fully saturated rings. The fourth-order valence-corrected chi connectivity index (χ4v) is 4.32. The van der Waals surface area contributed by atoms with Gasteiger partial charge in [0.15, 0.2) is 10.6 Å². The zero-order chi connectivity index (χ0) is 20.7. The van der Waals surface area contributed by atoms with Gasteiger partial charge in [-0.25, -0.2) is 18.3 Å². The molecule has 148 valence electrons. The van der Waals surface area contributed by atoms with Gasteiger partial charge in [0.25, 0.3) is 5.56 Å². The molecule has 1 aliphatic heterocycles. The average molecular weight is 420 g/mol. The van der Waals surface area contributed by atoms with Crippen LogP contribution in [0, 0.1) is 11.6 Å². The van der Waals surface area contributed by atoms with Crippen LogP contribution in [0.2, 0.25) is 0 Å². The molecule has 5 rings (SSSR count). The third-order valence-electron chi connectivity index (χ3n) is 4.77. The van der Waals surface area contributed by atoms with Gasteiger partial charge in [0.2, 0.25) is 0 Å². The number of hydrogen-bond donors (Lipinski definition) is 0. The number of fused-ring (bicyclic) bond motifs is 1. The molecule has 2 aromatic carbocycles. The number of hydrogen-bond acceptors (Lipinski definition) is 4. The normalized spacial score (nSPS) is 16.1. The number of nitrogens with zero attached hydrogens (tertiary/aromatic N) is 2. The van der Waals surface area contributed by atoms with Crippen molar-refractivity contribution in [3.05, 3.63) is 121 Å². The molecule has 0 aliphatic carbocycles. The van der Waals surface area contributed by atoms with Gasteiger partial charge in [-0.2, -0.15) is 0 Å². The number of aromatic nitrogens is 1. The fraction of sp³-hybridized carbons (Fsp3) is 0.0435. The Bertz CT molecular complexity index is 1410. The topological polar surface area (TPSA) is 47.5 Å². The summed E-state index contributed by atoms with van der Waals surface area (Å²) >= 11 is 1.24. The number of thiazole rings is 1. The first kappa shape index (κ1) is 18.4. The second kappa shape index (κ2) is 7.35. The van der Waals surface area contributed by atoms with E-state index in [1.54, 1.807) is 42.5 Å². The highest BCUT2D eigenvalue weighted by Crippen LogP contribution is 2.27. The summed E-state index contributed by atoms with van der Waals surface area (Å²) < 4.78 is 34.1. The van der Waals surface area contributed by atoms with Crippen LogP contribution in [0.5, 0.6) is 0 Å². The molecule has 4 nitrogen and oxygen atoms in total. The Morgan fingerprint density at radius 3 is 2.37 bits per heavy atom. The summed E-state index contributed by atoms with van der Waals surface area (Å²) in [4.78, 5) is 18.4. The lowest BCUT2D eigenvalue weighted by Crippen LogP contribution is -2.33. The first-order valence-corrected chi connectivity index (χ1v) is 9.99. The molecule has 0 radical (unpaired) electrons. The molecule has 0 amide bonds. The zero-order valence-corrected chi connectivity index (χ0v) is 16.3. The lowest BCUT2D eigenvalue weighted by atomic mass is 10.0. The van der Waals surface area contributed by atoms with Crippen molar-refractivity contribution in [3.63, 3.8) is 0 Å². The molecule has 2 aromatic heterocycles. The van der Waals surface area contributed by atoms with E-state index in [1.165, 1.54) is 46.4 Å². The van der Waals surface area contributed by atoms with Crippen LogP contribution in [-0.2, 0) is 0 Å². The largest absolute Gasteiger partial charge is 0.463 e. The molecule has 7 heteroatoms. The molecule has 1 atom stereocenters. The molecule has 0 spiro atoms. The highest BCUT2D eigenvalue weighted by Gasteiger charge is 2.22. The molecule has 3 heterocycles. The lowest BCUT2D eigenvalue weighted by Gasteiger charge is -2.16. The van der Waals surface area contributed by atoms with E-state index in [4.69, 9.17) is 9.41 Å². The van der Waals surface area contributed by atoms with Gasteiger partial charge in [-0.15, -0.1) is 0 Å². The molecule has 4 aromatic rings. The van der Waals surface area contributed by atoms with Crippen LogP contribution in [0.1, 0.15) is 22.9 Å². The highest BCUT2D eigenvalue weighted by molar-refractivity contribution is 7.07. The van der Waals surface area contributed by atoms with Crippen molar-refractivity contribution in [3.8, 4) is 0 Å². The minimum Gasteiger partial charge on any atom is -0.463 e. The van der Waals surface area contributed by atoms with E-state index in [2.05, 4.69) is 0 Å². The van der Waals surface area contributed by atoms with E-state index in [0.717, 1.165) is 5.56 Å². The van der Waals surface area contributed by atoms with E-state index in [9.17, 15) is 13.6 Å². The average Bonchev–Trinajstić information content (AvgIpc) is 3.39. The van der Waals surface area contributed by atoms with E-state index in [1.807, 2.05) is 6.08 Å². The van der Waals surface area contributed by atoms with Gasteiger partial charge in [-0.1, -0.05) is 35.6 Å². The summed E-state index contributed by atoms with van der Waals surface area (Å²) in [6, 6.07) is 15.2. The third-order valence-corrected chi connectivity index (χ3v) is 5.75. The molecule has 0 saturated heterocycles. The summed E-state index contributed by atoms with van der Waals surface area (Å²) in [5.74, 6) is -0.130. The Kier molecular flexibility index (Phi) is 4.52. The Balaban J connectivity index is 1.71. The number of benzene rings is 2. The number of halogens is 2. The standard InChI is InChI=1S/C23H14F2N2O2S/c24-16-7-3-14(4-8-16)12-21-22(28)27-19(20-2-1-11-29-20)13-18(26-23(27)30-21)15-5-9-17(25)10-6-15/h1-13,18H/b21-12+. The van der Waals surface area contributed by atoms with E-state index < -0.39 is 0 Å². The molecule has 0 N–H and O–H groups in total. The second-order valence-electron chi connectivity index (χ2n) is 6.74. The SMILES string of the molecule is O=c1/c(=C\c2ccc(F)cc2)sc2n1C(c1ccco1)=CC(c1ccc(F)cc1)N=2. The van der Waals surface area contributed by atoms with Crippen LogP contribution in [0.3, 0.4) is 0 Å². The summed E-state index contributed by atoms with van der Waals surface area (Å²) in [7, 11) is 0. The third kappa shape index (κ3) is 3.33. The van der Waals surface area contributed by atoms with Crippen LogP contribution in [-0.4, -0.2) is 4.57 Å². The van der Waals surface area contributed by atoms with Gasteiger partial charge in [0, 0.05) is 0 Å². The predicted octanol–water partition coefficient (Wildman–Crippen LogP) is 3.87. The molecule has 0 saturated carbocycles. The van der Waals surface area contributed by atoms with Crippen LogP contribution in [0.4, 0.5) is 8.78 Å². The Labute approximate surface area is 173 Å². The maximum Gasteiger partial charge on any atom is 0.274 e. The van der Waals surface area contributed by atoms with E-state index in [0.29, 0.717) is 26.4 Å². The molecular formula is C23H14F2N2O2S. The summed E-state index contributed by atoms with van der Waals surface area (Å²) in [5.41, 5.74) is 1.87. The van der Waals surface area contributed by atoms with Gasteiger partial charge in [-0.05, 0) is 59.7 Å². The molecule has 0 bridgehead atoms. The van der Waals surface area contributed by atoms with Gasteiger partial charge in [-0.3, -0.25) is 4.79 Å². The predicted molar refractivity (Wildman–Crippen MR) is 111 cm³/mol. The fourth-order valence-electron chi connectivity index (χ4n) is 3.31. The summed E-state index contributed by atoms with van der Waals surface area (Å²) in [5, 5.41) is 0. The Morgan fingerprint density at radius 2 is 1.70 bits per heavy atom. The van der Waals surface area contributed by atoms with Crippen molar-refractivity contribution in [2.24, 2.45) is 4.99 Å². The summed E-state index contributed by atoms with van der Waals surface area (Å²) in [6.07, 6.45) is 5.08. The van der Waals surface area contributed by atoms with Gasteiger partial charge in [0.1, 0.15) is 11.6 Å². The number of rotatable bonds is 3. The lowest BCUT2D eigenvalue weighted by molar-refractivity contribution is 0.545. The van der Waals surface area contributed by atoms with Gasteiger partial charge >= 0.3 is 0 Å². The van der Waals surface area contributed by atoms with E-state index in [-0.39, 0.29) is 23.2 Å². The maximum absolute atomic E-state index is 13.3. The maximum atomic E-state index is 13.3. The van der Waals surface area contributed by atoms with Crippen molar-refractivity contribution in [1.29, 1.82) is 0 Å². The van der Waals surface area contributed by atoms with Crippen LogP contribution >= 0.6 is 11.3 Å². The van der Waals surface area contributed by atoms with Crippen LogP contribution < -0.4 is 14.9 Å². The van der Waals surface area contributed by atoms with Crippen molar-refractivity contribution in [1.82, 2.24) is 4.57 Å². The van der Waals surface area contributed by atoms with Crippen molar-refractivity contribution < 1.29 is 13.2 Å². The molecule has 1 aliphatic rings.